The third kappa shape index (κ3) is 2.19. The molecule has 3 N–H and O–H groups in total. The van der Waals surface area contributed by atoms with E-state index < -0.39 is 9.92 Å². The first-order valence-corrected chi connectivity index (χ1v) is 6.46. The fraction of sp³-hybridized carbons (Fsp3) is 0.400. The molecule has 1 unspecified atom stereocenters. The quantitative estimate of drug-likeness (QED) is 0.747. The number of nitrogens with one attached hydrogen (secondary N) is 1. The average Bonchev–Trinajstić information content (AvgIpc) is 2.15. The Kier molecular flexibility index (Phi) is 2.54. The van der Waals surface area contributed by atoms with Gasteiger partial charge in [-0.25, -0.2) is 14.1 Å². The van der Waals surface area contributed by atoms with Crippen LogP contribution in [-0.4, -0.2) is 22.7 Å². The zero-order valence-electron chi connectivity index (χ0n) is 8.69. The number of hydrogen-bond acceptors (Lipinski definition) is 3. The second-order valence-corrected chi connectivity index (χ2v) is 5.69. The summed E-state index contributed by atoms with van der Waals surface area (Å²) in [5.74, 6) is 0. The number of hydrogen-bond donors (Lipinski definition) is 2. The number of nitrogens with zero attached hydrogens (tertiary/aromatic N) is 1. The molecular weight excluding hydrogens is 210 g/mol. The number of nitrogens with two attached hydrogens (primary N) is 1. The number of fused-ring (bicyclic) bond motifs is 1. The van der Waals surface area contributed by atoms with Gasteiger partial charge in [0.1, 0.15) is 9.92 Å². The Morgan fingerprint density at radius 1 is 1.47 bits per heavy atom. The molecule has 0 aromatic heterocycles. The normalized spacial score (nSPS) is 20.7. The average molecular weight is 225 g/mol. The molecular formula is C10H15N3OS. The van der Waals surface area contributed by atoms with Gasteiger partial charge in [-0.1, -0.05) is 6.07 Å². The molecule has 0 spiro atoms. The van der Waals surface area contributed by atoms with Crippen LogP contribution in [0.2, 0.25) is 0 Å². The van der Waals surface area contributed by atoms with Gasteiger partial charge < -0.3 is 4.90 Å². The Balaban J connectivity index is 2.44. The van der Waals surface area contributed by atoms with Crippen molar-refractivity contribution in [3.05, 3.63) is 29.3 Å². The largest absolute Gasteiger partial charge is 0.302 e. The van der Waals surface area contributed by atoms with Crippen molar-refractivity contribution in [1.29, 1.82) is 4.78 Å². The summed E-state index contributed by atoms with van der Waals surface area (Å²) in [6.07, 6.45) is 0.940. The van der Waals surface area contributed by atoms with Gasteiger partial charge in [0.2, 0.25) is 0 Å². The highest BCUT2D eigenvalue weighted by molar-refractivity contribution is 7.90. The van der Waals surface area contributed by atoms with Crippen LogP contribution >= 0.6 is 0 Å². The van der Waals surface area contributed by atoms with E-state index in [9.17, 15) is 4.21 Å². The Bertz CT molecular complexity index is 481. The summed E-state index contributed by atoms with van der Waals surface area (Å²) in [6.45, 7) is 1.92. The van der Waals surface area contributed by atoms with E-state index in [-0.39, 0.29) is 0 Å². The first kappa shape index (κ1) is 10.6. The van der Waals surface area contributed by atoms with Gasteiger partial charge >= 0.3 is 0 Å². The van der Waals surface area contributed by atoms with Crippen molar-refractivity contribution in [2.24, 2.45) is 5.14 Å². The highest BCUT2D eigenvalue weighted by atomic mass is 32.2. The van der Waals surface area contributed by atoms with Crippen LogP contribution in [0.25, 0.3) is 0 Å². The third-order valence-corrected chi connectivity index (χ3v) is 3.69. The van der Waals surface area contributed by atoms with Gasteiger partial charge in [0, 0.05) is 13.1 Å². The van der Waals surface area contributed by atoms with Gasteiger partial charge in [-0.05, 0) is 36.7 Å². The van der Waals surface area contributed by atoms with Crippen LogP contribution in [0, 0.1) is 4.78 Å². The summed E-state index contributed by atoms with van der Waals surface area (Å²) in [4.78, 5) is 2.67. The van der Waals surface area contributed by atoms with Crippen molar-refractivity contribution in [1.82, 2.24) is 4.90 Å². The number of benzene rings is 1. The van der Waals surface area contributed by atoms with Crippen LogP contribution < -0.4 is 5.14 Å². The molecule has 1 atom stereocenters. The smallest absolute Gasteiger partial charge is 0.132 e. The molecule has 1 heterocycles. The van der Waals surface area contributed by atoms with Gasteiger partial charge in [0.05, 0.1) is 4.90 Å². The minimum atomic E-state index is -3.06. The lowest BCUT2D eigenvalue weighted by molar-refractivity contribution is 0.312. The van der Waals surface area contributed by atoms with Crippen molar-refractivity contribution in [2.75, 3.05) is 13.6 Å². The molecule has 0 amide bonds. The van der Waals surface area contributed by atoms with Crippen molar-refractivity contribution >= 4 is 9.92 Å². The molecule has 1 aromatic rings. The van der Waals surface area contributed by atoms with Gasteiger partial charge in [-0.15, -0.1) is 0 Å². The highest BCUT2D eigenvalue weighted by Gasteiger charge is 2.14. The SMILES string of the molecule is CN1CCc2cc(S(=N)(N)=O)ccc2C1. The second-order valence-electron chi connectivity index (χ2n) is 4.02. The topological polar surface area (TPSA) is 70.2 Å². The molecule has 5 heteroatoms. The highest BCUT2D eigenvalue weighted by Crippen LogP contribution is 2.21. The van der Waals surface area contributed by atoms with E-state index in [0.29, 0.717) is 4.90 Å². The van der Waals surface area contributed by atoms with Crippen LogP contribution in [0.15, 0.2) is 23.1 Å². The van der Waals surface area contributed by atoms with Crippen LogP contribution in [-0.2, 0) is 22.9 Å². The van der Waals surface area contributed by atoms with E-state index in [4.69, 9.17) is 9.92 Å². The zero-order chi connectivity index (χ0) is 11.1. The minimum absolute atomic E-state index is 0.436. The molecule has 0 fully saturated rings. The fourth-order valence-electron chi connectivity index (χ4n) is 1.86. The van der Waals surface area contributed by atoms with Crippen molar-refractivity contribution in [2.45, 2.75) is 17.9 Å². The van der Waals surface area contributed by atoms with Crippen molar-refractivity contribution in [3.63, 3.8) is 0 Å². The Morgan fingerprint density at radius 2 is 2.20 bits per heavy atom. The molecule has 1 aromatic carbocycles. The van der Waals surface area contributed by atoms with Crippen molar-refractivity contribution < 1.29 is 4.21 Å². The summed E-state index contributed by atoms with van der Waals surface area (Å²) >= 11 is 0. The van der Waals surface area contributed by atoms with E-state index in [2.05, 4.69) is 11.9 Å². The van der Waals surface area contributed by atoms with E-state index in [0.717, 1.165) is 19.5 Å². The van der Waals surface area contributed by atoms with Gasteiger partial charge in [-0.3, -0.25) is 0 Å². The standard InChI is InChI=1S/C10H15N3OS/c1-13-5-4-8-6-10(15(11,12)14)3-2-9(8)7-13/h2-3,6H,4-5,7H2,1H3,(H3,11,12,14). The van der Waals surface area contributed by atoms with E-state index >= 15 is 0 Å². The first-order chi connectivity index (χ1) is 6.97. The maximum Gasteiger partial charge on any atom is 0.132 e. The van der Waals surface area contributed by atoms with E-state index in [1.165, 1.54) is 11.1 Å². The number of likely N-dealkylation sites (N-methyl/N-ethyl adjacent to an activating group) is 1. The maximum atomic E-state index is 11.4. The molecule has 1 aliphatic rings. The molecule has 0 radical (unpaired) electrons. The molecule has 0 saturated heterocycles. The van der Waals surface area contributed by atoms with E-state index in [1.807, 2.05) is 12.1 Å². The summed E-state index contributed by atoms with van der Waals surface area (Å²) < 4.78 is 18.7. The predicted octanol–water partition coefficient (Wildman–Crippen LogP) is 0.954. The third-order valence-electron chi connectivity index (χ3n) is 2.73. The second kappa shape index (κ2) is 3.59. The summed E-state index contributed by atoms with van der Waals surface area (Å²) in [6, 6.07) is 5.45. The minimum Gasteiger partial charge on any atom is -0.302 e. The molecule has 0 saturated carbocycles. The molecule has 15 heavy (non-hydrogen) atoms. The predicted molar refractivity (Wildman–Crippen MR) is 59.8 cm³/mol. The van der Waals surface area contributed by atoms with E-state index in [1.54, 1.807) is 6.07 Å². The molecule has 0 aliphatic carbocycles. The Hall–Kier alpha value is -0.910. The number of rotatable bonds is 1. The zero-order valence-corrected chi connectivity index (χ0v) is 9.51. The molecule has 1 aliphatic heterocycles. The molecule has 2 rings (SSSR count). The maximum absolute atomic E-state index is 11.4. The monoisotopic (exact) mass is 225 g/mol. The molecule has 82 valence electrons. The van der Waals surface area contributed by atoms with Crippen LogP contribution in [0.3, 0.4) is 0 Å². The van der Waals surface area contributed by atoms with Gasteiger partial charge in [0.25, 0.3) is 0 Å². The Labute approximate surface area is 90.2 Å². The lowest BCUT2D eigenvalue weighted by Gasteiger charge is -2.25. The molecule has 0 bridgehead atoms. The van der Waals surface area contributed by atoms with Crippen LogP contribution in [0.1, 0.15) is 11.1 Å². The summed E-state index contributed by atoms with van der Waals surface area (Å²) in [5, 5.41) is 5.30. The van der Waals surface area contributed by atoms with Crippen molar-refractivity contribution in [3.8, 4) is 0 Å². The van der Waals surface area contributed by atoms with Crippen LogP contribution in [0.5, 0.6) is 0 Å². The lowest BCUT2D eigenvalue weighted by atomic mass is 10.0. The summed E-state index contributed by atoms with van der Waals surface area (Å²) in [5.41, 5.74) is 2.42. The summed E-state index contributed by atoms with van der Waals surface area (Å²) in [7, 11) is -0.987. The lowest BCUT2D eigenvalue weighted by Crippen LogP contribution is -2.26. The molecule has 4 nitrogen and oxygen atoms in total. The van der Waals surface area contributed by atoms with Gasteiger partial charge in [-0.2, -0.15) is 0 Å². The fourth-order valence-corrected chi connectivity index (χ4v) is 2.45. The first-order valence-electron chi connectivity index (χ1n) is 4.84. The van der Waals surface area contributed by atoms with Gasteiger partial charge in [0.15, 0.2) is 0 Å². The Morgan fingerprint density at radius 3 is 2.87 bits per heavy atom. The van der Waals surface area contributed by atoms with Crippen LogP contribution in [0.4, 0.5) is 0 Å².